The van der Waals surface area contributed by atoms with Crippen molar-refractivity contribution in [1.82, 2.24) is 5.32 Å². The summed E-state index contributed by atoms with van der Waals surface area (Å²) in [5.41, 5.74) is 11.8. The van der Waals surface area contributed by atoms with Crippen molar-refractivity contribution in [2.24, 2.45) is 0 Å². The summed E-state index contributed by atoms with van der Waals surface area (Å²) < 4.78 is 5.19. The molecule has 2 N–H and O–H groups in total. The molecule has 0 atom stereocenters. The highest BCUT2D eigenvalue weighted by atomic mass is 16.5. The lowest BCUT2D eigenvalue weighted by Gasteiger charge is -2.14. The zero-order valence-corrected chi connectivity index (χ0v) is 25.0. The number of carboxylic acids is 1. The summed E-state index contributed by atoms with van der Waals surface area (Å²) >= 11 is 0. The Kier molecular flexibility index (Phi) is 11.1. The number of aromatic carboxylic acids is 1. The number of hydrogen-bond acceptors (Lipinski definition) is 3. The summed E-state index contributed by atoms with van der Waals surface area (Å²) in [7, 11) is 1.68. The lowest BCUT2D eigenvalue weighted by atomic mass is 9.95. The van der Waals surface area contributed by atoms with Crippen molar-refractivity contribution in [3.05, 3.63) is 137 Å². The maximum Gasteiger partial charge on any atom is 0.336 e. The van der Waals surface area contributed by atoms with E-state index in [0.717, 1.165) is 41.1 Å². The number of rotatable bonds is 9. The molecule has 4 aromatic carbocycles. The van der Waals surface area contributed by atoms with Gasteiger partial charge in [0, 0.05) is 12.2 Å². The number of benzene rings is 4. The van der Waals surface area contributed by atoms with Crippen molar-refractivity contribution >= 4 is 17.2 Å². The third-order valence-electron chi connectivity index (χ3n) is 7.24. The first-order valence-corrected chi connectivity index (χ1v) is 13.9. The Balaban J connectivity index is 0.000000239. The molecule has 0 amide bonds. The number of carboxylic acid groups (broad SMARTS) is 1. The van der Waals surface area contributed by atoms with Gasteiger partial charge in [-0.2, -0.15) is 0 Å². The van der Waals surface area contributed by atoms with Crippen molar-refractivity contribution < 1.29 is 14.6 Å². The fraction of sp³-hybridized carbons (Fsp3) is 0.216. The van der Waals surface area contributed by atoms with Crippen LogP contribution >= 0.6 is 0 Å². The largest absolute Gasteiger partial charge is 0.497 e. The van der Waals surface area contributed by atoms with E-state index in [1.807, 2.05) is 48.5 Å². The average molecular weight is 548 g/mol. The first-order chi connectivity index (χ1) is 19.6. The molecule has 4 nitrogen and oxygen atoms in total. The summed E-state index contributed by atoms with van der Waals surface area (Å²) in [6.07, 6.45) is 0.987. The lowest BCUT2D eigenvalue weighted by molar-refractivity contribution is 0.0697. The molecular weight excluding hydrogens is 506 g/mol. The monoisotopic (exact) mass is 547 g/mol. The molecule has 0 fully saturated rings. The summed E-state index contributed by atoms with van der Waals surface area (Å²) in [5, 5.41) is 12.5. The number of allylic oxidation sites excluding steroid dienone is 2. The van der Waals surface area contributed by atoms with Gasteiger partial charge in [0.2, 0.25) is 0 Å². The maximum atomic E-state index is 11.1. The molecule has 4 heteroatoms. The molecule has 0 saturated heterocycles. The van der Waals surface area contributed by atoms with E-state index in [1.54, 1.807) is 19.2 Å². The van der Waals surface area contributed by atoms with E-state index in [4.69, 9.17) is 9.84 Å². The highest BCUT2D eigenvalue weighted by Crippen LogP contribution is 2.26. The van der Waals surface area contributed by atoms with Crippen LogP contribution in [0.15, 0.2) is 103 Å². The van der Waals surface area contributed by atoms with Gasteiger partial charge in [-0.05, 0) is 103 Å². The number of ether oxygens (including phenoxy) is 1. The molecule has 0 heterocycles. The molecule has 0 aliphatic heterocycles. The first-order valence-electron chi connectivity index (χ1n) is 13.9. The molecule has 0 spiro atoms. The Morgan fingerprint density at radius 3 is 2.07 bits per heavy atom. The second-order valence-electron chi connectivity index (χ2n) is 10.2. The van der Waals surface area contributed by atoms with Gasteiger partial charge >= 0.3 is 5.97 Å². The van der Waals surface area contributed by atoms with Crippen molar-refractivity contribution in [2.75, 3.05) is 7.11 Å². The minimum Gasteiger partial charge on any atom is -0.497 e. The Morgan fingerprint density at radius 1 is 0.854 bits per heavy atom. The Bertz CT molecular complexity index is 1510. The average Bonchev–Trinajstić information content (AvgIpc) is 3.00. The molecule has 0 saturated carbocycles. The van der Waals surface area contributed by atoms with E-state index in [9.17, 15) is 4.79 Å². The number of nitrogens with one attached hydrogen (secondary N) is 1. The van der Waals surface area contributed by atoms with E-state index in [-0.39, 0.29) is 0 Å². The van der Waals surface area contributed by atoms with Crippen LogP contribution in [0.1, 0.15) is 65.9 Å². The van der Waals surface area contributed by atoms with E-state index in [2.05, 4.69) is 76.8 Å². The molecule has 4 rings (SSSR count). The van der Waals surface area contributed by atoms with E-state index < -0.39 is 5.97 Å². The van der Waals surface area contributed by atoms with Crippen LogP contribution in [0.5, 0.6) is 5.75 Å². The van der Waals surface area contributed by atoms with Crippen molar-refractivity contribution in [2.45, 2.75) is 47.6 Å². The van der Waals surface area contributed by atoms with Crippen LogP contribution in [0.2, 0.25) is 0 Å². The quantitative estimate of drug-likeness (QED) is 0.219. The SMILES string of the molecule is C=C(NCc1ccc(OC)cc1)c1ccc(C)c(C(C)=C(C)C)c1.CCc1ccc(-c2ccccc2C(=O)O)cc1. The molecular formula is C37H41NO3. The van der Waals surface area contributed by atoms with Gasteiger partial charge < -0.3 is 15.2 Å². The van der Waals surface area contributed by atoms with Crippen LogP contribution in [0.25, 0.3) is 22.4 Å². The van der Waals surface area contributed by atoms with Gasteiger partial charge in [-0.3, -0.25) is 0 Å². The molecule has 41 heavy (non-hydrogen) atoms. The van der Waals surface area contributed by atoms with Gasteiger partial charge in [0.1, 0.15) is 5.75 Å². The highest BCUT2D eigenvalue weighted by molar-refractivity contribution is 5.96. The Morgan fingerprint density at radius 2 is 1.49 bits per heavy atom. The van der Waals surface area contributed by atoms with E-state index in [1.165, 1.54) is 33.4 Å². The highest BCUT2D eigenvalue weighted by Gasteiger charge is 2.10. The first kappa shape index (κ1) is 31.0. The summed E-state index contributed by atoms with van der Waals surface area (Å²) in [5.74, 6) is -0.0156. The van der Waals surface area contributed by atoms with Gasteiger partial charge in [0.05, 0.1) is 12.7 Å². The van der Waals surface area contributed by atoms with Crippen molar-refractivity contribution in [1.29, 1.82) is 0 Å². The Hall–Kier alpha value is -4.57. The lowest BCUT2D eigenvalue weighted by Crippen LogP contribution is -2.11. The minimum atomic E-state index is -0.889. The number of methoxy groups -OCH3 is 1. The van der Waals surface area contributed by atoms with Gasteiger partial charge in [-0.25, -0.2) is 4.79 Å². The molecule has 0 aromatic heterocycles. The van der Waals surface area contributed by atoms with Crippen LogP contribution in [0, 0.1) is 6.92 Å². The van der Waals surface area contributed by atoms with Crippen molar-refractivity contribution in [3.63, 3.8) is 0 Å². The van der Waals surface area contributed by atoms with Crippen LogP contribution in [0.4, 0.5) is 0 Å². The van der Waals surface area contributed by atoms with Crippen molar-refractivity contribution in [3.8, 4) is 16.9 Å². The molecule has 212 valence electrons. The summed E-state index contributed by atoms with van der Waals surface area (Å²) in [6.45, 7) is 15.7. The van der Waals surface area contributed by atoms with Gasteiger partial charge in [-0.1, -0.05) is 85.8 Å². The minimum absolute atomic E-state index is 0.344. The molecule has 0 unspecified atom stereocenters. The number of carbonyl (C=O) groups is 1. The molecule has 0 radical (unpaired) electrons. The molecule has 0 aliphatic rings. The van der Waals surface area contributed by atoms with Crippen LogP contribution < -0.4 is 10.1 Å². The van der Waals surface area contributed by atoms with Crippen LogP contribution in [-0.4, -0.2) is 18.2 Å². The topological polar surface area (TPSA) is 58.6 Å². The van der Waals surface area contributed by atoms with Crippen LogP contribution in [0.3, 0.4) is 0 Å². The normalized spacial score (nSPS) is 10.2. The summed E-state index contributed by atoms with van der Waals surface area (Å²) in [6, 6.07) is 29.7. The zero-order chi connectivity index (χ0) is 29.9. The predicted octanol–water partition coefficient (Wildman–Crippen LogP) is 9.19. The molecule has 4 aromatic rings. The third kappa shape index (κ3) is 8.46. The fourth-order valence-corrected chi connectivity index (χ4v) is 4.38. The zero-order valence-electron chi connectivity index (χ0n) is 25.0. The van der Waals surface area contributed by atoms with Gasteiger partial charge in [0.25, 0.3) is 0 Å². The molecule has 0 aliphatic carbocycles. The maximum absolute atomic E-state index is 11.1. The molecule has 0 bridgehead atoms. The summed E-state index contributed by atoms with van der Waals surface area (Å²) in [4.78, 5) is 11.1. The van der Waals surface area contributed by atoms with Gasteiger partial charge in [-0.15, -0.1) is 0 Å². The standard InChI is InChI=1S/C22H27NO.C15H14O2/c1-15(2)17(4)22-13-20(10-7-16(22)3)18(5)23-14-19-8-11-21(24-6)12-9-19;1-2-11-7-9-12(10-8-11)13-5-3-4-6-14(13)15(16)17/h7-13,23H,5,14H2,1-4,6H3;3-10H,2H2,1H3,(H,16,17). The van der Waals surface area contributed by atoms with Gasteiger partial charge in [0.15, 0.2) is 0 Å². The van der Waals surface area contributed by atoms with Crippen LogP contribution in [-0.2, 0) is 13.0 Å². The third-order valence-corrected chi connectivity index (χ3v) is 7.24. The smallest absolute Gasteiger partial charge is 0.336 e. The number of aryl methyl sites for hydroxylation is 2. The number of hydrogen-bond donors (Lipinski definition) is 2. The van der Waals surface area contributed by atoms with E-state index in [0.29, 0.717) is 5.56 Å². The second kappa shape index (κ2) is 14.7. The second-order valence-corrected chi connectivity index (χ2v) is 10.2. The van der Waals surface area contributed by atoms with E-state index >= 15 is 0 Å². The Labute approximate surface area is 245 Å². The predicted molar refractivity (Wildman–Crippen MR) is 172 cm³/mol. The fourth-order valence-electron chi connectivity index (χ4n) is 4.38.